The highest BCUT2D eigenvalue weighted by atomic mass is 32.2. The maximum atomic E-state index is 12.4. The Morgan fingerprint density at radius 2 is 1.88 bits per heavy atom. The minimum Gasteiger partial charge on any atom is -0.322 e. The Morgan fingerprint density at radius 3 is 2.48 bits per heavy atom. The number of hydrogen-bond acceptors (Lipinski definition) is 4. The maximum absolute atomic E-state index is 12.4. The number of benzene rings is 1. The molecule has 0 aliphatic carbocycles. The third kappa shape index (κ3) is 3.40. The first-order chi connectivity index (χ1) is 11.8. The molecule has 0 unspecified atom stereocenters. The predicted octanol–water partition coefficient (Wildman–Crippen LogP) is 2.10. The fourth-order valence-electron chi connectivity index (χ4n) is 2.61. The molecule has 3 aromatic rings. The fraction of sp³-hybridized carbons (Fsp3) is 0.176. The number of nitrogens with zero attached hydrogens (tertiary/aromatic N) is 2. The summed E-state index contributed by atoms with van der Waals surface area (Å²) in [5.41, 5.74) is 3.75. The highest BCUT2D eigenvalue weighted by molar-refractivity contribution is 7.89. The average Bonchev–Trinajstić information content (AvgIpc) is 2.90. The van der Waals surface area contributed by atoms with Crippen LogP contribution in [0.15, 0.2) is 47.5 Å². The molecule has 0 spiro atoms. The highest BCUT2D eigenvalue weighted by Crippen LogP contribution is 2.16. The van der Waals surface area contributed by atoms with Gasteiger partial charge in [-0.1, -0.05) is 6.92 Å². The normalized spacial score (nSPS) is 11.6. The number of sulfonamides is 1. The zero-order valence-corrected chi connectivity index (χ0v) is 14.7. The van der Waals surface area contributed by atoms with Gasteiger partial charge in [0.15, 0.2) is 0 Å². The van der Waals surface area contributed by atoms with E-state index in [0.29, 0.717) is 11.3 Å². The number of imidazole rings is 1. The van der Waals surface area contributed by atoms with Crippen LogP contribution in [0.2, 0.25) is 0 Å². The van der Waals surface area contributed by atoms with Crippen LogP contribution in [0.3, 0.4) is 0 Å². The van der Waals surface area contributed by atoms with Gasteiger partial charge in [0, 0.05) is 17.6 Å². The summed E-state index contributed by atoms with van der Waals surface area (Å²) in [4.78, 5) is 16.9. The molecule has 2 aromatic heterocycles. The molecule has 0 atom stereocenters. The Bertz CT molecular complexity index is 1050. The van der Waals surface area contributed by atoms with Crippen molar-refractivity contribution in [1.82, 2.24) is 9.38 Å². The second-order valence-corrected chi connectivity index (χ2v) is 7.23. The zero-order chi connectivity index (χ0) is 18.2. The van der Waals surface area contributed by atoms with E-state index < -0.39 is 10.0 Å². The first-order valence-electron chi connectivity index (χ1n) is 7.71. The van der Waals surface area contributed by atoms with Crippen LogP contribution in [0.25, 0.3) is 5.65 Å². The summed E-state index contributed by atoms with van der Waals surface area (Å²) in [6.07, 6.45) is 2.57. The van der Waals surface area contributed by atoms with Gasteiger partial charge in [0.05, 0.1) is 16.2 Å². The van der Waals surface area contributed by atoms with Crippen molar-refractivity contribution >= 4 is 27.3 Å². The van der Waals surface area contributed by atoms with Crippen molar-refractivity contribution in [2.24, 2.45) is 5.14 Å². The van der Waals surface area contributed by atoms with Crippen molar-refractivity contribution in [2.75, 3.05) is 5.32 Å². The van der Waals surface area contributed by atoms with E-state index >= 15 is 0 Å². The molecule has 1 aromatic carbocycles. The predicted molar refractivity (Wildman–Crippen MR) is 95.1 cm³/mol. The zero-order valence-electron chi connectivity index (χ0n) is 13.9. The second kappa shape index (κ2) is 6.30. The van der Waals surface area contributed by atoms with Crippen LogP contribution < -0.4 is 10.5 Å². The molecule has 3 rings (SSSR count). The van der Waals surface area contributed by atoms with Crippen molar-refractivity contribution in [2.45, 2.75) is 25.2 Å². The Hall–Kier alpha value is -2.71. The van der Waals surface area contributed by atoms with Crippen LogP contribution in [0.4, 0.5) is 5.69 Å². The SMILES string of the molecule is CCc1nc2ccc(C(=O)Nc3ccc(S(N)(=O)=O)cc3)cn2c1C. The molecule has 7 nitrogen and oxygen atoms in total. The Morgan fingerprint density at radius 1 is 1.20 bits per heavy atom. The molecule has 0 aliphatic heterocycles. The van der Waals surface area contributed by atoms with E-state index in [-0.39, 0.29) is 10.8 Å². The fourth-order valence-corrected chi connectivity index (χ4v) is 3.13. The van der Waals surface area contributed by atoms with Gasteiger partial charge >= 0.3 is 0 Å². The lowest BCUT2D eigenvalue weighted by molar-refractivity contribution is 0.102. The van der Waals surface area contributed by atoms with Gasteiger partial charge in [-0.2, -0.15) is 0 Å². The van der Waals surface area contributed by atoms with E-state index in [9.17, 15) is 13.2 Å². The van der Waals surface area contributed by atoms with Gasteiger partial charge in [-0.15, -0.1) is 0 Å². The number of carbonyl (C=O) groups excluding carboxylic acids is 1. The van der Waals surface area contributed by atoms with Gasteiger partial charge < -0.3 is 9.72 Å². The molecule has 8 heteroatoms. The third-order valence-corrected chi connectivity index (χ3v) is 4.92. The highest BCUT2D eigenvalue weighted by Gasteiger charge is 2.12. The summed E-state index contributed by atoms with van der Waals surface area (Å²) in [7, 11) is -3.75. The van der Waals surface area contributed by atoms with Gasteiger partial charge in [0.1, 0.15) is 5.65 Å². The first kappa shape index (κ1) is 17.1. The number of aryl methyl sites for hydroxylation is 2. The molecule has 0 bridgehead atoms. The number of amides is 1. The van der Waals surface area contributed by atoms with Crippen LogP contribution in [-0.4, -0.2) is 23.7 Å². The number of anilines is 1. The summed E-state index contributed by atoms with van der Waals surface area (Å²) in [6.45, 7) is 4.00. The Labute approximate surface area is 145 Å². The smallest absolute Gasteiger partial charge is 0.257 e. The second-order valence-electron chi connectivity index (χ2n) is 5.67. The largest absolute Gasteiger partial charge is 0.322 e. The minimum absolute atomic E-state index is 0.00643. The summed E-state index contributed by atoms with van der Waals surface area (Å²) in [6, 6.07) is 9.19. The lowest BCUT2D eigenvalue weighted by Crippen LogP contribution is -2.14. The van der Waals surface area contributed by atoms with E-state index in [4.69, 9.17) is 5.14 Å². The summed E-state index contributed by atoms with van der Waals surface area (Å²) in [5, 5.41) is 7.79. The number of fused-ring (bicyclic) bond motifs is 1. The molecule has 1 amide bonds. The molecule has 0 saturated carbocycles. The van der Waals surface area contributed by atoms with Crippen LogP contribution in [0.1, 0.15) is 28.7 Å². The van der Waals surface area contributed by atoms with Crippen LogP contribution in [0, 0.1) is 6.92 Å². The molecule has 0 saturated heterocycles. The van der Waals surface area contributed by atoms with Gasteiger partial charge in [0.2, 0.25) is 10.0 Å². The number of nitrogens with one attached hydrogen (secondary N) is 1. The quantitative estimate of drug-likeness (QED) is 0.745. The molecular formula is C17H18N4O3S. The van der Waals surface area contributed by atoms with E-state index in [2.05, 4.69) is 10.3 Å². The molecule has 0 fully saturated rings. The number of aromatic nitrogens is 2. The molecule has 2 heterocycles. The van der Waals surface area contributed by atoms with Gasteiger partial charge in [-0.3, -0.25) is 4.79 Å². The molecule has 130 valence electrons. The van der Waals surface area contributed by atoms with E-state index in [1.54, 1.807) is 18.3 Å². The lowest BCUT2D eigenvalue weighted by atomic mass is 10.2. The minimum atomic E-state index is -3.75. The summed E-state index contributed by atoms with van der Waals surface area (Å²) in [5.74, 6) is -0.295. The first-order valence-corrected chi connectivity index (χ1v) is 9.26. The van der Waals surface area contributed by atoms with E-state index in [1.807, 2.05) is 18.2 Å². The molecule has 0 aliphatic rings. The number of carbonyl (C=O) groups is 1. The Balaban J connectivity index is 1.86. The number of hydrogen-bond donors (Lipinski definition) is 2. The number of nitrogens with two attached hydrogens (primary N) is 1. The van der Waals surface area contributed by atoms with Gasteiger partial charge in [-0.25, -0.2) is 18.5 Å². The molecule has 0 radical (unpaired) electrons. The van der Waals surface area contributed by atoms with Crippen molar-refractivity contribution in [1.29, 1.82) is 0 Å². The molecule has 3 N–H and O–H groups in total. The number of primary sulfonamides is 1. The maximum Gasteiger partial charge on any atom is 0.257 e. The summed E-state index contributed by atoms with van der Waals surface area (Å²) >= 11 is 0. The monoisotopic (exact) mass is 358 g/mol. The van der Waals surface area contributed by atoms with Crippen LogP contribution >= 0.6 is 0 Å². The van der Waals surface area contributed by atoms with Crippen molar-refractivity contribution in [3.05, 3.63) is 59.5 Å². The summed E-state index contributed by atoms with van der Waals surface area (Å²) < 4.78 is 24.4. The number of rotatable bonds is 4. The van der Waals surface area contributed by atoms with Crippen LogP contribution in [-0.2, 0) is 16.4 Å². The standard InChI is InChI=1S/C17H18N4O3S/c1-3-15-11(2)21-10-12(4-9-16(21)20-15)17(22)19-13-5-7-14(8-6-13)25(18,23)24/h4-10H,3H2,1-2H3,(H,19,22)(H2,18,23,24). The average molecular weight is 358 g/mol. The van der Waals surface area contributed by atoms with Gasteiger partial charge in [-0.05, 0) is 49.7 Å². The van der Waals surface area contributed by atoms with Crippen LogP contribution in [0.5, 0.6) is 0 Å². The molecular weight excluding hydrogens is 340 g/mol. The van der Waals surface area contributed by atoms with Crippen molar-refractivity contribution in [3.63, 3.8) is 0 Å². The van der Waals surface area contributed by atoms with Gasteiger partial charge in [0.25, 0.3) is 5.91 Å². The lowest BCUT2D eigenvalue weighted by Gasteiger charge is -2.07. The van der Waals surface area contributed by atoms with E-state index in [1.165, 1.54) is 24.3 Å². The van der Waals surface area contributed by atoms with Crippen molar-refractivity contribution < 1.29 is 13.2 Å². The Kier molecular flexibility index (Phi) is 4.32. The molecule has 25 heavy (non-hydrogen) atoms. The third-order valence-electron chi connectivity index (χ3n) is 3.99. The topological polar surface area (TPSA) is 107 Å². The number of pyridine rings is 1. The van der Waals surface area contributed by atoms with Crippen molar-refractivity contribution in [3.8, 4) is 0 Å². The van der Waals surface area contributed by atoms with E-state index in [0.717, 1.165) is 23.5 Å².